The number of hydrogen-bond donors (Lipinski definition) is 2. The largest absolute Gasteiger partial charge is 0.379 e. The van der Waals surface area contributed by atoms with Crippen molar-refractivity contribution in [2.45, 2.75) is 18.9 Å². The van der Waals surface area contributed by atoms with Gasteiger partial charge in [0.05, 0.1) is 18.1 Å². The summed E-state index contributed by atoms with van der Waals surface area (Å²) in [5, 5.41) is 10.7. The Balaban J connectivity index is 1.64. The molecule has 1 saturated carbocycles. The molecule has 3 aromatic rings. The van der Waals surface area contributed by atoms with Crippen LogP contribution in [0.2, 0.25) is 5.15 Å². The van der Waals surface area contributed by atoms with Gasteiger partial charge in [-0.15, -0.1) is 0 Å². The minimum absolute atomic E-state index is 0.309. The lowest BCUT2D eigenvalue weighted by Gasteiger charge is -2.07. The van der Waals surface area contributed by atoms with Crippen molar-refractivity contribution in [3.63, 3.8) is 0 Å². The van der Waals surface area contributed by atoms with Crippen molar-refractivity contribution in [3.8, 4) is 0 Å². The van der Waals surface area contributed by atoms with Crippen LogP contribution in [0.25, 0.3) is 5.65 Å². The Morgan fingerprint density at radius 3 is 2.91 bits per heavy atom. The molecular formula is C15H13ClN6O. The van der Waals surface area contributed by atoms with Crippen molar-refractivity contribution in [1.29, 1.82) is 0 Å². The van der Waals surface area contributed by atoms with Crippen molar-refractivity contribution >= 4 is 34.5 Å². The Labute approximate surface area is 136 Å². The molecule has 0 aliphatic heterocycles. The molecule has 8 heteroatoms. The van der Waals surface area contributed by atoms with Crippen LogP contribution < -0.4 is 10.6 Å². The number of fused-ring (bicyclic) bond motifs is 1. The van der Waals surface area contributed by atoms with Crippen LogP contribution in [0.1, 0.15) is 23.3 Å². The number of rotatable bonds is 4. The predicted octanol–water partition coefficient (Wildman–Crippen LogP) is 2.60. The van der Waals surface area contributed by atoms with Crippen LogP contribution in [-0.2, 0) is 0 Å². The zero-order chi connectivity index (χ0) is 15.8. The van der Waals surface area contributed by atoms with E-state index in [4.69, 9.17) is 11.6 Å². The summed E-state index contributed by atoms with van der Waals surface area (Å²) in [4.78, 5) is 20.6. The van der Waals surface area contributed by atoms with E-state index in [0.29, 0.717) is 28.2 Å². The van der Waals surface area contributed by atoms with E-state index >= 15 is 0 Å². The number of nitrogens with zero attached hydrogens (tertiary/aromatic N) is 4. The third kappa shape index (κ3) is 2.83. The Kier molecular flexibility index (Phi) is 3.34. The number of pyridine rings is 1. The second kappa shape index (κ2) is 5.51. The van der Waals surface area contributed by atoms with E-state index in [0.717, 1.165) is 18.5 Å². The molecule has 1 fully saturated rings. The van der Waals surface area contributed by atoms with Gasteiger partial charge in [0.25, 0.3) is 5.91 Å². The van der Waals surface area contributed by atoms with Crippen molar-refractivity contribution in [1.82, 2.24) is 19.6 Å². The van der Waals surface area contributed by atoms with Crippen LogP contribution in [0.15, 0.2) is 36.8 Å². The monoisotopic (exact) mass is 328 g/mol. The van der Waals surface area contributed by atoms with Crippen LogP contribution in [0.5, 0.6) is 0 Å². The van der Waals surface area contributed by atoms with E-state index in [-0.39, 0.29) is 5.91 Å². The first-order chi connectivity index (χ1) is 11.2. The Bertz CT molecular complexity index is 889. The quantitative estimate of drug-likeness (QED) is 0.719. The number of amides is 1. The van der Waals surface area contributed by atoms with Crippen molar-refractivity contribution in [3.05, 3.63) is 47.6 Å². The molecule has 0 saturated heterocycles. The number of carbonyl (C=O) groups excluding carboxylic acids is 1. The fourth-order valence-corrected chi connectivity index (χ4v) is 2.46. The minimum Gasteiger partial charge on any atom is -0.379 e. The fraction of sp³-hybridized carbons (Fsp3) is 0.200. The molecule has 7 nitrogen and oxygen atoms in total. The van der Waals surface area contributed by atoms with Gasteiger partial charge < -0.3 is 10.6 Å². The van der Waals surface area contributed by atoms with E-state index in [1.807, 2.05) is 6.07 Å². The van der Waals surface area contributed by atoms with Gasteiger partial charge in [-0.2, -0.15) is 5.10 Å². The first-order valence-corrected chi connectivity index (χ1v) is 7.61. The molecule has 116 valence electrons. The van der Waals surface area contributed by atoms with Gasteiger partial charge in [0.1, 0.15) is 5.15 Å². The van der Waals surface area contributed by atoms with E-state index in [9.17, 15) is 4.79 Å². The number of aromatic nitrogens is 4. The SMILES string of the molecule is O=C(Nc1ccnc(Cl)c1)c1cnc2c(NC3CC3)ccnn12. The molecular weight excluding hydrogens is 316 g/mol. The van der Waals surface area contributed by atoms with Gasteiger partial charge in [-0.05, 0) is 31.0 Å². The molecule has 1 aliphatic rings. The molecule has 1 amide bonds. The molecule has 0 atom stereocenters. The second-order valence-electron chi connectivity index (χ2n) is 5.36. The lowest BCUT2D eigenvalue weighted by molar-refractivity contribution is 0.102. The summed E-state index contributed by atoms with van der Waals surface area (Å²) < 4.78 is 1.53. The minimum atomic E-state index is -0.309. The molecule has 3 heterocycles. The normalized spacial score (nSPS) is 14.0. The zero-order valence-corrected chi connectivity index (χ0v) is 12.8. The maximum Gasteiger partial charge on any atom is 0.276 e. The number of carbonyl (C=O) groups is 1. The molecule has 0 radical (unpaired) electrons. The predicted molar refractivity (Wildman–Crippen MR) is 86.8 cm³/mol. The lowest BCUT2D eigenvalue weighted by Crippen LogP contribution is -2.15. The molecule has 1 aliphatic carbocycles. The van der Waals surface area contributed by atoms with Crippen molar-refractivity contribution in [2.75, 3.05) is 10.6 Å². The highest BCUT2D eigenvalue weighted by atomic mass is 35.5. The maximum atomic E-state index is 12.5. The first-order valence-electron chi connectivity index (χ1n) is 7.23. The van der Waals surface area contributed by atoms with Crippen LogP contribution in [0, 0.1) is 0 Å². The molecule has 0 spiro atoms. The molecule has 4 rings (SSSR count). The summed E-state index contributed by atoms with van der Waals surface area (Å²) >= 11 is 5.82. The summed E-state index contributed by atoms with van der Waals surface area (Å²) in [7, 11) is 0. The third-order valence-corrected chi connectivity index (χ3v) is 3.76. The zero-order valence-electron chi connectivity index (χ0n) is 12.0. The van der Waals surface area contributed by atoms with Gasteiger partial charge in [-0.1, -0.05) is 11.6 Å². The van der Waals surface area contributed by atoms with Crippen LogP contribution in [0.3, 0.4) is 0 Å². The van der Waals surface area contributed by atoms with Gasteiger partial charge in [-0.3, -0.25) is 4.79 Å². The third-order valence-electron chi connectivity index (χ3n) is 3.56. The highest BCUT2D eigenvalue weighted by Crippen LogP contribution is 2.26. The molecule has 0 bridgehead atoms. The average molecular weight is 329 g/mol. The number of imidazole rings is 1. The Hall–Kier alpha value is -2.67. The highest BCUT2D eigenvalue weighted by molar-refractivity contribution is 6.29. The van der Waals surface area contributed by atoms with E-state index in [1.165, 1.54) is 16.9 Å². The Morgan fingerprint density at radius 2 is 2.13 bits per heavy atom. The molecule has 23 heavy (non-hydrogen) atoms. The summed E-state index contributed by atoms with van der Waals surface area (Å²) in [6.45, 7) is 0. The topological polar surface area (TPSA) is 84.2 Å². The van der Waals surface area contributed by atoms with E-state index in [1.54, 1.807) is 18.3 Å². The number of halogens is 1. The highest BCUT2D eigenvalue weighted by Gasteiger charge is 2.23. The van der Waals surface area contributed by atoms with Gasteiger partial charge in [-0.25, -0.2) is 14.5 Å². The average Bonchev–Trinajstić information content (AvgIpc) is 3.23. The fourth-order valence-electron chi connectivity index (χ4n) is 2.29. The van der Waals surface area contributed by atoms with Gasteiger partial charge >= 0.3 is 0 Å². The number of anilines is 2. The molecule has 0 unspecified atom stereocenters. The molecule has 3 aromatic heterocycles. The van der Waals surface area contributed by atoms with E-state index in [2.05, 4.69) is 25.7 Å². The van der Waals surface area contributed by atoms with Crippen LogP contribution >= 0.6 is 11.6 Å². The van der Waals surface area contributed by atoms with Crippen molar-refractivity contribution in [2.24, 2.45) is 0 Å². The van der Waals surface area contributed by atoms with Gasteiger partial charge in [0.15, 0.2) is 11.3 Å². The summed E-state index contributed by atoms with van der Waals surface area (Å²) in [5.41, 5.74) is 2.44. The maximum absolute atomic E-state index is 12.5. The van der Waals surface area contributed by atoms with Crippen LogP contribution in [-0.4, -0.2) is 31.5 Å². The number of hydrogen-bond acceptors (Lipinski definition) is 5. The van der Waals surface area contributed by atoms with Crippen LogP contribution in [0.4, 0.5) is 11.4 Å². The lowest BCUT2D eigenvalue weighted by atomic mass is 10.3. The Morgan fingerprint density at radius 1 is 1.26 bits per heavy atom. The summed E-state index contributed by atoms with van der Waals surface area (Å²) in [5.74, 6) is -0.309. The standard InChI is InChI=1S/C15H13ClN6O/c16-13-7-10(3-5-17-13)21-15(23)12-8-18-14-11(20-9-1-2-9)4-6-19-22(12)14/h3-9,20H,1-2H2,(H,17,21,23). The second-order valence-corrected chi connectivity index (χ2v) is 5.75. The van der Waals surface area contributed by atoms with Crippen molar-refractivity contribution < 1.29 is 4.79 Å². The number of nitrogens with one attached hydrogen (secondary N) is 2. The summed E-state index contributed by atoms with van der Waals surface area (Å²) in [6, 6.07) is 5.61. The van der Waals surface area contributed by atoms with Gasteiger partial charge in [0.2, 0.25) is 0 Å². The van der Waals surface area contributed by atoms with E-state index < -0.39 is 0 Å². The first kappa shape index (κ1) is 14.0. The molecule has 0 aromatic carbocycles. The smallest absolute Gasteiger partial charge is 0.276 e. The summed E-state index contributed by atoms with van der Waals surface area (Å²) in [6.07, 6.45) is 7.01. The van der Waals surface area contributed by atoms with Gasteiger partial charge in [0, 0.05) is 17.9 Å². The molecule has 2 N–H and O–H groups in total.